The molecule has 0 fully saturated rings. The molecule has 3 rings (SSSR count). The lowest BCUT2D eigenvalue weighted by molar-refractivity contribution is 0.626. The molecule has 2 heterocycles. The van der Waals surface area contributed by atoms with Crippen LogP contribution in [0.1, 0.15) is 23.2 Å². The van der Waals surface area contributed by atoms with E-state index in [1.165, 1.54) is 0 Å². The number of hydrogen-bond donors (Lipinski definition) is 3. The fraction of sp³-hybridized carbons (Fsp3) is 0.286. The van der Waals surface area contributed by atoms with Crippen LogP contribution in [0.5, 0.6) is 0 Å². The SMILES string of the molecule is Cc1nc(C(N)CCN)sc1-c1ccc2oc(N)nc2c1. The fourth-order valence-corrected chi connectivity index (χ4v) is 3.33. The predicted octanol–water partition coefficient (Wildman–Crippen LogP) is 2.19. The highest BCUT2D eigenvalue weighted by Crippen LogP contribution is 2.34. The first-order valence-corrected chi connectivity index (χ1v) is 7.49. The van der Waals surface area contributed by atoms with Crippen LogP contribution >= 0.6 is 11.3 Å². The molecule has 7 heteroatoms. The van der Waals surface area contributed by atoms with E-state index in [4.69, 9.17) is 21.6 Å². The van der Waals surface area contributed by atoms with E-state index in [1.54, 1.807) is 11.3 Å². The average molecular weight is 303 g/mol. The lowest BCUT2D eigenvalue weighted by Crippen LogP contribution is -2.14. The zero-order chi connectivity index (χ0) is 15.0. The summed E-state index contributed by atoms with van der Waals surface area (Å²) in [4.78, 5) is 9.80. The van der Waals surface area contributed by atoms with Crippen molar-refractivity contribution in [1.29, 1.82) is 0 Å². The lowest BCUT2D eigenvalue weighted by atomic mass is 10.1. The molecule has 0 saturated heterocycles. The van der Waals surface area contributed by atoms with Gasteiger partial charge in [0, 0.05) is 0 Å². The summed E-state index contributed by atoms with van der Waals surface area (Å²) in [7, 11) is 0. The van der Waals surface area contributed by atoms with Crippen LogP contribution in [0.15, 0.2) is 22.6 Å². The monoisotopic (exact) mass is 303 g/mol. The van der Waals surface area contributed by atoms with Gasteiger partial charge in [0.05, 0.1) is 16.6 Å². The Hall–Kier alpha value is -1.96. The van der Waals surface area contributed by atoms with Crippen molar-refractivity contribution < 1.29 is 4.42 Å². The highest BCUT2D eigenvalue weighted by Gasteiger charge is 2.15. The molecule has 6 nitrogen and oxygen atoms in total. The summed E-state index contributed by atoms with van der Waals surface area (Å²) in [5, 5.41) is 0.910. The van der Waals surface area contributed by atoms with Crippen molar-refractivity contribution in [2.24, 2.45) is 11.5 Å². The zero-order valence-electron chi connectivity index (χ0n) is 11.7. The maximum atomic E-state index is 6.08. The van der Waals surface area contributed by atoms with Crippen LogP contribution in [0.3, 0.4) is 0 Å². The van der Waals surface area contributed by atoms with Gasteiger partial charge in [0.1, 0.15) is 10.5 Å². The Morgan fingerprint density at radius 3 is 2.90 bits per heavy atom. The maximum absolute atomic E-state index is 6.08. The van der Waals surface area contributed by atoms with Crippen molar-refractivity contribution in [1.82, 2.24) is 9.97 Å². The number of nitrogens with zero attached hydrogens (tertiary/aromatic N) is 2. The molecule has 2 aromatic heterocycles. The number of hydrogen-bond acceptors (Lipinski definition) is 7. The van der Waals surface area contributed by atoms with Crippen LogP contribution in [-0.2, 0) is 0 Å². The molecule has 0 amide bonds. The number of anilines is 1. The standard InChI is InChI=1S/C14H17N5OS/c1-7-12(21-13(18-7)9(16)4-5-15)8-2-3-11-10(6-8)19-14(17)20-11/h2-3,6,9H,4-5,15-16H2,1H3,(H2,17,19). The second-order valence-electron chi connectivity index (χ2n) is 4.89. The van der Waals surface area contributed by atoms with Crippen LogP contribution in [0.4, 0.5) is 6.01 Å². The molecule has 3 aromatic rings. The van der Waals surface area contributed by atoms with Gasteiger partial charge in [-0.25, -0.2) is 4.98 Å². The topological polar surface area (TPSA) is 117 Å². The summed E-state index contributed by atoms with van der Waals surface area (Å²) < 4.78 is 5.28. The second-order valence-corrected chi connectivity index (χ2v) is 5.92. The van der Waals surface area contributed by atoms with E-state index in [9.17, 15) is 0 Å². The molecule has 0 bridgehead atoms. The number of thiazole rings is 1. The Balaban J connectivity index is 2.01. The molecule has 0 saturated carbocycles. The van der Waals surface area contributed by atoms with E-state index in [-0.39, 0.29) is 12.1 Å². The van der Waals surface area contributed by atoms with Crippen LogP contribution in [0.25, 0.3) is 21.5 Å². The molecule has 0 radical (unpaired) electrons. The quantitative estimate of drug-likeness (QED) is 0.680. The Kier molecular flexibility index (Phi) is 3.62. The zero-order valence-corrected chi connectivity index (χ0v) is 12.5. The molecular formula is C14H17N5OS. The van der Waals surface area contributed by atoms with E-state index in [0.29, 0.717) is 12.1 Å². The minimum absolute atomic E-state index is 0.112. The molecule has 21 heavy (non-hydrogen) atoms. The van der Waals surface area contributed by atoms with Crippen LogP contribution in [-0.4, -0.2) is 16.5 Å². The minimum atomic E-state index is -0.112. The third-order valence-corrected chi connectivity index (χ3v) is 4.61. The van der Waals surface area contributed by atoms with Gasteiger partial charge in [-0.2, -0.15) is 4.98 Å². The molecule has 1 atom stereocenters. The molecular weight excluding hydrogens is 286 g/mol. The number of fused-ring (bicyclic) bond motifs is 1. The van der Waals surface area contributed by atoms with Gasteiger partial charge in [-0.1, -0.05) is 0 Å². The van der Waals surface area contributed by atoms with Crippen molar-refractivity contribution in [3.05, 3.63) is 28.9 Å². The Morgan fingerprint density at radius 2 is 2.14 bits per heavy atom. The van der Waals surface area contributed by atoms with E-state index < -0.39 is 0 Å². The van der Waals surface area contributed by atoms with Crippen LogP contribution in [0.2, 0.25) is 0 Å². The molecule has 1 unspecified atom stereocenters. The van der Waals surface area contributed by atoms with Gasteiger partial charge in [0.2, 0.25) is 0 Å². The number of oxazole rings is 1. The largest absolute Gasteiger partial charge is 0.424 e. The predicted molar refractivity (Wildman–Crippen MR) is 84.9 cm³/mol. The van der Waals surface area contributed by atoms with E-state index in [1.807, 2.05) is 25.1 Å². The summed E-state index contributed by atoms with van der Waals surface area (Å²) in [6, 6.07) is 5.86. The summed E-state index contributed by atoms with van der Waals surface area (Å²) in [6.45, 7) is 2.53. The first kappa shape index (κ1) is 14.0. The number of nitrogen functional groups attached to an aromatic ring is 1. The van der Waals surface area contributed by atoms with Crippen LogP contribution < -0.4 is 17.2 Å². The number of aromatic nitrogens is 2. The van der Waals surface area contributed by atoms with Crippen molar-refractivity contribution in [3.63, 3.8) is 0 Å². The Labute approximate surface area is 126 Å². The van der Waals surface area contributed by atoms with Gasteiger partial charge in [-0.15, -0.1) is 11.3 Å². The smallest absolute Gasteiger partial charge is 0.292 e. The molecule has 0 spiro atoms. The van der Waals surface area contributed by atoms with E-state index in [0.717, 1.165) is 33.1 Å². The first-order chi connectivity index (χ1) is 10.1. The second kappa shape index (κ2) is 5.44. The average Bonchev–Trinajstić information content (AvgIpc) is 3.00. The summed E-state index contributed by atoms with van der Waals surface area (Å²) in [6.07, 6.45) is 0.727. The van der Waals surface area contributed by atoms with Crippen molar-refractivity contribution in [2.75, 3.05) is 12.3 Å². The lowest BCUT2D eigenvalue weighted by Gasteiger charge is -2.04. The highest BCUT2D eigenvalue weighted by molar-refractivity contribution is 7.15. The third kappa shape index (κ3) is 2.63. The van der Waals surface area contributed by atoms with Gasteiger partial charge < -0.3 is 21.6 Å². The van der Waals surface area contributed by atoms with E-state index in [2.05, 4.69) is 9.97 Å². The van der Waals surface area contributed by atoms with Gasteiger partial charge in [0.25, 0.3) is 6.01 Å². The maximum Gasteiger partial charge on any atom is 0.292 e. The van der Waals surface area contributed by atoms with Crippen molar-refractivity contribution >= 4 is 28.5 Å². The van der Waals surface area contributed by atoms with E-state index >= 15 is 0 Å². The highest BCUT2D eigenvalue weighted by atomic mass is 32.1. The Morgan fingerprint density at radius 1 is 1.33 bits per heavy atom. The van der Waals surface area contributed by atoms with Crippen molar-refractivity contribution in [3.8, 4) is 10.4 Å². The number of nitrogens with two attached hydrogens (primary N) is 3. The molecule has 1 aromatic carbocycles. The molecule has 0 aliphatic carbocycles. The van der Waals surface area contributed by atoms with Gasteiger partial charge >= 0.3 is 0 Å². The minimum Gasteiger partial charge on any atom is -0.424 e. The molecule has 110 valence electrons. The normalized spacial score (nSPS) is 12.9. The van der Waals surface area contributed by atoms with Gasteiger partial charge in [0.15, 0.2) is 5.58 Å². The van der Waals surface area contributed by atoms with Crippen LogP contribution in [0, 0.1) is 6.92 Å². The number of benzene rings is 1. The van der Waals surface area contributed by atoms with Gasteiger partial charge in [-0.3, -0.25) is 0 Å². The summed E-state index contributed by atoms with van der Waals surface area (Å²) >= 11 is 1.59. The number of rotatable bonds is 4. The summed E-state index contributed by atoms with van der Waals surface area (Å²) in [5.41, 5.74) is 20.6. The Bertz CT molecular complexity index is 779. The fourth-order valence-electron chi connectivity index (χ4n) is 2.23. The first-order valence-electron chi connectivity index (χ1n) is 6.68. The molecule has 0 aliphatic heterocycles. The summed E-state index contributed by atoms with van der Waals surface area (Å²) in [5.74, 6) is 0. The number of aryl methyl sites for hydroxylation is 1. The molecule has 0 aliphatic rings. The van der Waals surface area contributed by atoms with Gasteiger partial charge in [-0.05, 0) is 43.7 Å². The molecule has 6 N–H and O–H groups in total. The third-order valence-electron chi connectivity index (χ3n) is 3.27. The van der Waals surface area contributed by atoms with Crippen molar-refractivity contribution in [2.45, 2.75) is 19.4 Å².